The van der Waals surface area contributed by atoms with Crippen LogP contribution in [0.1, 0.15) is 5.56 Å². The first-order chi connectivity index (χ1) is 15.5. The summed E-state index contributed by atoms with van der Waals surface area (Å²) >= 11 is 1.19. The maximum atomic E-state index is 12.6. The molecule has 4 rings (SSSR count). The molecule has 0 N–H and O–H groups in total. The Morgan fingerprint density at radius 3 is 2.33 bits per heavy atom. The fraction of sp³-hybridized carbons (Fsp3) is 0.333. The number of alkyl halides is 3. The number of thioether (sulfide) groups is 1. The number of methoxy groups -OCH3 is 1. The Morgan fingerprint density at radius 2 is 1.73 bits per heavy atom. The largest absolute Gasteiger partial charge is 0.573 e. The van der Waals surface area contributed by atoms with E-state index in [0.29, 0.717) is 16.6 Å². The third-order valence-electron chi connectivity index (χ3n) is 5.15. The van der Waals surface area contributed by atoms with Gasteiger partial charge >= 0.3 is 6.36 Å². The van der Waals surface area contributed by atoms with Gasteiger partial charge in [0.05, 0.1) is 31.1 Å². The van der Waals surface area contributed by atoms with Crippen molar-refractivity contribution in [3.05, 3.63) is 54.1 Å². The molecule has 2 aliphatic heterocycles. The van der Waals surface area contributed by atoms with Crippen LogP contribution in [0.5, 0.6) is 11.5 Å². The Bertz CT molecular complexity index is 1170. The molecule has 12 heteroatoms. The number of fused-ring (bicyclic) bond motifs is 1. The van der Waals surface area contributed by atoms with Gasteiger partial charge in [0.2, 0.25) is 0 Å². The van der Waals surface area contributed by atoms with Crippen LogP contribution >= 0.6 is 11.8 Å². The van der Waals surface area contributed by atoms with Crippen LogP contribution in [0, 0.1) is 0 Å². The van der Waals surface area contributed by atoms with Crippen LogP contribution in [0.3, 0.4) is 0 Å². The maximum Gasteiger partial charge on any atom is 0.573 e. The molecule has 1 amide bonds. The second-order valence-electron chi connectivity index (χ2n) is 7.53. The van der Waals surface area contributed by atoms with Gasteiger partial charge in [-0.15, -0.1) is 13.2 Å². The van der Waals surface area contributed by atoms with Gasteiger partial charge in [-0.3, -0.25) is 4.79 Å². The van der Waals surface area contributed by atoms with E-state index in [2.05, 4.69) is 9.73 Å². The average molecular weight is 501 g/mol. The van der Waals surface area contributed by atoms with Crippen molar-refractivity contribution < 1.29 is 35.9 Å². The van der Waals surface area contributed by atoms with Crippen molar-refractivity contribution in [2.45, 2.75) is 24.1 Å². The topological polar surface area (TPSA) is 85.3 Å². The van der Waals surface area contributed by atoms with Crippen LogP contribution in [-0.4, -0.2) is 55.8 Å². The van der Waals surface area contributed by atoms with Gasteiger partial charge in [0, 0.05) is 10.9 Å². The number of nitrogens with zero attached hydrogens (tertiary/aromatic N) is 2. The number of aliphatic imine (C=N–C) groups is 1. The van der Waals surface area contributed by atoms with Gasteiger partial charge in [0.15, 0.2) is 15.0 Å². The number of rotatable bonds is 5. The van der Waals surface area contributed by atoms with Gasteiger partial charge in [0.1, 0.15) is 11.5 Å². The smallest absolute Gasteiger partial charge is 0.497 e. The van der Waals surface area contributed by atoms with Gasteiger partial charge < -0.3 is 14.4 Å². The monoisotopic (exact) mass is 500 g/mol. The van der Waals surface area contributed by atoms with Gasteiger partial charge in [0.25, 0.3) is 5.91 Å². The second kappa shape index (κ2) is 8.90. The van der Waals surface area contributed by atoms with Crippen molar-refractivity contribution in [2.75, 3.05) is 23.5 Å². The summed E-state index contributed by atoms with van der Waals surface area (Å²) in [5, 5.41) is -0.00320. The summed E-state index contributed by atoms with van der Waals surface area (Å²) in [7, 11) is -1.73. The lowest BCUT2D eigenvalue weighted by molar-refractivity contribution is -0.274. The van der Waals surface area contributed by atoms with E-state index in [1.165, 1.54) is 31.0 Å². The molecule has 0 spiro atoms. The highest BCUT2D eigenvalue weighted by molar-refractivity contribution is 8.16. The van der Waals surface area contributed by atoms with E-state index in [4.69, 9.17) is 4.74 Å². The van der Waals surface area contributed by atoms with E-state index in [-0.39, 0.29) is 23.2 Å². The van der Waals surface area contributed by atoms with Gasteiger partial charge in [-0.2, -0.15) is 4.99 Å². The number of amides is 1. The van der Waals surface area contributed by atoms with E-state index in [1.807, 2.05) is 0 Å². The number of carbonyl (C=O) groups excluding carboxylic acids is 1. The fourth-order valence-electron chi connectivity index (χ4n) is 3.74. The minimum Gasteiger partial charge on any atom is -0.497 e. The zero-order valence-corrected chi connectivity index (χ0v) is 18.9. The van der Waals surface area contributed by atoms with E-state index in [1.54, 1.807) is 29.2 Å². The molecule has 2 fully saturated rings. The summed E-state index contributed by atoms with van der Waals surface area (Å²) in [4.78, 5) is 18.5. The Balaban J connectivity index is 1.58. The van der Waals surface area contributed by atoms with Crippen molar-refractivity contribution in [1.82, 2.24) is 0 Å². The lowest BCUT2D eigenvalue weighted by Gasteiger charge is -2.24. The predicted molar refractivity (Wildman–Crippen MR) is 119 cm³/mol. The Labute approximate surface area is 192 Å². The number of hydrogen-bond donors (Lipinski definition) is 0. The first-order valence-corrected chi connectivity index (χ1v) is 12.5. The summed E-state index contributed by atoms with van der Waals surface area (Å²) in [5.41, 5.74) is 1.16. The molecule has 0 aliphatic carbocycles. The molecule has 2 aliphatic rings. The molecular weight excluding hydrogens is 481 g/mol. The standard InChI is InChI=1S/C21H19F3N2O5S2/c1-30-15-6-2-13(3-7-15)10-19(27)25-20-26(17-11-33(28,29)12-18(17)32-20)14-4-8-16(9-5-14)31-21(22,23)24/h2-9,17-18H,10-12H2,1H3/t17-,18-/m1/s1. The van der Waals surface area contributed by atoms with Crippen LogP contribution in [0.4, 0.5) is 18.9 Å². The van der Waals surface area contributed by atoms with E-state index in [0.717, 1.165) is 17.7 Å². The lowest BCUT2D eigenvalue weighted by Crippen LogP contribution is -2.37. The van der Waals surface area contributed by atoms with Crippen molar-refractivity contribution >= 4 is 38.4 Å². The van der Waals surface area contributed by atoms with Gasteiger partial charge in [-0.1, -0.05) is 23.9 Å². The molecule has 0 radical (unpaired) electrons. The highest BCUT2D eigenvalue weighted by Crippen LogP contribution is 2.41. The molecule has 176 valence electrons. The predicted octanol–water partition coefficient (Wildman–Crippen LogP) is 3.44. The number of hydrogen-bond acceptors (Lipinski definition) is 6. The van der Waals surface area contributed by atoms with Gasteiger partial charge in [-0.05, 0) is 42.0 Å². The zero-order chi connectivity index (χ0) is 23.8. The van der Waals surface area contributed by atoms with Crippen LogP contribution in [0.15, 0.2) is 53.5 Å². The molecule has 2 aromatic carbocycles. The number of anilines is 1. The van der Waals surface area contributed by atoms with Crippen molar-refractivity contribution in [1.29, 1.82) is 0 Å². The summed E-state index contributed by atoms with van der Waals surface area (Å²) in [6, 6.07) is 11.5. The van der Waals surface area contributed by atoms with Crippen molar-refractivity contribution in [2.24, 2.45) is 4.99 Å². The van der Waals surface area contributed by atoms with E-state index in [9.17, 15) is 26.4 Å². The van der Waals surface area contributed by atoms with Crippen LogP contribution in [0.25, 0.3) is 0 Å². The highest BCUT2D eigenvalue weighted by atomic mass is 32.2. The molecule has 33 heavy (non-hydrogen) atoms. The molecule has 2 saturated heterocycles. The van der Waals surface area contributed by atoms with E-state index >= 15 is 0 Å². The average Bonchev–Trinajstić information content (AvgIpc) is 3.18. The first-order valence-electron chi connectivity index (χ1n) is 9.79. The zero-order valence-electron chi connectivity index (χ0n) is 17.3. The number of benzene rings is 2. The molecule has 0 bridgehead atoms. The summed E-state index contributed by atoms with van der Waals surface area (Å²) in [6.07, 6.45) is -4.79. The molecule has 0 unspecified atom stereocenters. The molecule has 2 heterocycles. The van der Waals surface area contributed by atoms with Gasteiger partial charge in [-0.25, -0.2) is 8.42 Å². The van der Waals surface area contributed by atoms with Crippen LogP contribution in [-0.2, 0) is 21.1 Å². The lowest BCUT2D eigenvalue weighted by atomic mass is 10.1. The second-order valence-corrected chi connectivity index (χ2v) is 10.9. The van der Waals surface area contributed by atoms with Crippen molar-refractivity contribution in [3.63, 3.8) is 0 Å². The molecule has 2 atom stereocenters. The number of halogens is 3. The Morgan fingerprint density at radius 1 is 1.09 bits per heavy atom. The Hall–Kier alpha value is -2.73. The molecule has 7 nitrogen and oxygen atoms in total. The fourth-order valence-corrected chi connectivity index (χ4v) is 7.67. The number of carbonyl (C=O) groups is 1. The van der Waals surface area contributed by atoms with Crippen LogP contribution in [0.2, 0.25) is 0 Å². The molecule has 0 aromatic heterocycles. The third kappa shape index (κ3) is 5.61. The summed E-state index contributed by atoms with van der Waals surface area (Å²) in [5.74, 6) is -0.353. The highest BCUT2D eigenvalue weighted by Gasteiger charge is 2.49. The van der Waals surface area contributed by atoms with Crippen LogP contribution < -0.4 is 14.4 Å². The normalized spacial score (nSPS) is 22.9. The number of amidine groups is 1. The maximum absolute atomic E-state index is 12.6. The number of sulfone groups is 1. The SMILES string of the molecule is COc1ccc(CC(=O)N=C2S[C@@H]3CS(=O)(=O)C[C@H]3N2c2ccc(OC(F)(F)F)cc2)cc1. The molecular formula is C21H19F3N2O5S2. The molecule has 0 saturated carbocycles. The number of ether oxygens (including phenoxy) is 2. The summed E-state index contributed by atoms with van der Waals surface area (Å²) in [6.45, 7) is 0. The molecule has 2 aromatic rings. The Kier molecular flexibility index (Phi) is 6.32. The minimum atomic E-state index is -4.82. The minimum absolute atomic E-state index is 0.0356. The summed E-state index contributed by atoms with van der Waals surface area (Å²) < 4.78 is 70.7. The quantitative estimate of drug-likeness (QED) is 0.622. The van der Waals surface area contributed by atoms with E-state index < -0.39 is 33.9 Å². The third-order valence-corrected chi connectivity index (χ3v) is 8.36. The van der Waals surface area contributed by atoms with Crippen molar-refractivity contribution in [3.8, 4) is 11.5 Å². The first kappa shape index (κ1) is 23.4.